The Labute approximate surface area is 114 Å². The van der Waals surface area contributed by atoms with Gasteiger partial charge >= 0.3 is 5.97 Å². The summed E-state index contributed by atoms with van der Waals surface area (Å²) in [6.07, 6.45) is 0. The summed E-state index contributed by atoms with van der Waals surface area (Å²) >= 11 is 0. The summed E-state index contributed by atoms with van der Waals surface area (Å²) in [5.41, 5.74) is 0.177. The molecular formula is C15H21NO3. The Morgan fingerprint density at radius 2 is 1.79 bits per heavy atom. The lowest BCUT2D eigenvalue weighted by atomic mass is 9.80. The third-order valence-electron chi connectivity index (χ3n) is 2.69. The molecule has 0 aliphatic rings. The molecule has 1 amide bonds. The number of ether oxygens (including phenoxy) is 1. The van der Waals surface area contributed by atoms with Crippen molar-refractivity contribution >= 4 is 17.6 Å². The van der Waals surface area contributed by atoms with Crippen LogP contribution in [-0.2, 0) is 14.3 Å². The smallest absolute Gasteiger partial charge is 0.319 e. The van der Waals surface area contributed by atoms with Crippen LogP contribution in [0.5, 0.6) is 0 Å². The molecule has 0 saturated carbocycles. The standard InChI is InChI=1S/C15H21NO3/c1-5-19-14(18)12(15(2,3)4)13(17)16-11-9-7-6-8-10-11/h6-10,12H,5H2,1-4H3,(H,16,17). The van der Waals surface area contributed by atoms with Crippen molar-refractivity contribution in [3.63, 3.8) is 0 Å². The minimum Gasteiger partial charge on any atom is -0.465 e. The number of esters is 1. The van der Waals surface area contributed by atoms with Crippen molar-refractivity contribution in [2.24, 2.45) is 11.3 Å². The van der Waals surface area contributed by atoms with Crippen LogP contribution >= 0.6 is 0 Å². The first-order valence-corrected chi connectivity index (χ1v) is 6.38. The maximum absolute atomic E-state index is 12.3. The lowest BCUT2D eigenvalue weighted by Gasteiger charge is -2.27. The second-order valence-electron chi connectivity index (χ2n) is 5.41. The highest BCUT2D eigenvalue weighted by atomic mass is 16.5. The molecule has 1 atom stereocenters. The highest BCUT2D eigenvalue weighted by molar-refractivity contribution is 6.05. The normalized spacial score (nSPS) is 12.6. The first-order chi connectivity index (χ1) is 8.86. The third-order valence-corrected chi connectivity index (χ3v) is 2.69. The maximum Gasteiger partial charge on any atom is 0.319 e. The van der Waals surface area contributed by atoms with Gasteiger partial charge in [0.1, 0.15) is 5.92 Å². The number of benzene rings is 1. The van der Waals surface area contributed by atoms with E-state index in [1.807, 2.05) is 39.0 Å². The van der Waals surface area contributed by atoms with Gasteiger partial charge in [0.25, 0.3) is 0 Å². The quantitative estimate of drug-likeness (QED) is 0.671. The number of rotatable bonds is 4. The van der Waals surface area contributed by atoms with Gasteiger partial charge in [-0.05, 0) is 24.5 Å². The van der Waals surface area contributed by atoms with Crippen molar-refractivity contribution in [3.05, 3.63) is 30.3 Å². The van der Waals surface area contributed by atoms with Gasteiger partial charge in [-0.15, -0.1) is 0 Å². The first kappa shape index (κ1) is 15.2. The summed E-state index contributed by atoms with van der Waals surface area (Å²) in [6.45, 7) is 7.54. The minimum atomic E-state index is -0.826. The minimum absolute atomic E-state index is 0.268. The zero-order chi connectivity index (χ0) is 14.5. The third kappa shape index (κ3) is 4.39. The first-order valence-electron chi connectivity index (χ1n) is 6.38. The monoisotopic (exact) mass is 263 g/mol. The zero-order valence-electron chi connectivity index (χ0n) is 11.9. The van der Waals surface area contributed by atoms with Crippen LogP contribution in [-0.4, -0.2) is 18.5 Å². The van der Waals surface area contributed by atoms with Gasteiger partial charge < -0.3 is 10.1 Å². The van der Waals surface area contributed by atoms with E-state index in [9.17, 15) is 9.59 Å². The van der Waals surface area contributed by atoms with E-state index in [0.717, 1.165) is 0 Å². The molecule has 0 aliphatic carbocycles. The van der Waals surface area contributed by atoms with Crippen LogP contribution in [0.2, 0.25) is 0 Å². The molecule has 0 bridgehead atoms. The van der Waals surface area contributed by atoms with E-state index in [0.29, 0.717) is 5.69 Å². The fourth-order valence-electron chi connectivity index (χ4n) is 1.82. The van der Waals surface area contributed by atoms with E-state index >= 15 is 0 Å². The summed E-state index contributed by atoms with van der Waals surface area (Å²) in [6, 6.07) is 9.08. The van der Waals surface area contributed by atoms with Crippen LogP contribution < -0.4 is 5.32 Å². The molecule has 4 heteroatoms. The summed E-state index contributed by atoms with van der Waals surface area (Å²) < 4.78 is 4.99. The Morgan fingerprint density at radius 1 is 1.21 bits per heavy atom. The fourth-order valence-corrected chi connectivity index (χ4v) is 1.82. The maximum atomic E-state index is 12.3. The van der Waals surface area contributed by atoms with Gasteiger partial charge in [-0.25, -0.2) is 0 Å². The van der Waals surface area contributed by atoms with Crippen LogP contribution in [0.15, 0.2) is 30.3 Å². The van der Waals surface area contributed by atoms with Crippen LogP contribution in [0, 0.1) is 11.3 Å². The van der Waals surface area contributed by atoms with Gasteiger partial charge in [0, 0.05) is 5.69 Å². The number of carbonyl (C=O) groups is 2. The molecule has 1 unspecified atom stereocenters. The number of amides is 1. The van der Waals surface area contributed by atoms with Gasteiger partial charge in [-0.3, -0.25) is 9.59 Å². The van der Waals surface area contributed by atoms with Crippen molar-refractivity contribution in [2.75, 3.05) is 11.9 Å². The van der Waals surface area contributed by atoms with Crippen molar-refractivity contribution < 1.29 is 14.3 Å². The molecule has 0 heterocycles. The fraction of sp³-hybridized carbons (Fsp3) is 0.467. The van der Waals surface area contributed by atoms with Crippen LogP contribution in [0.1, 0.15) is 27.7 Å². The van der Waals surface area contributed by atoms with Crippen molar-refractivity contribution in [3.8, 4) is 0 Å². The highest BCUT2D eigenvalue weighted by Gasteiger charge is 2.38. The van der Waals surface area contributed by atoms with Gasteiger partial charge in [0.05, 0.1) is 6.61 Å². The molecule has 0 fully saturated rings. The predicted octanol–water partition coefficient (Wildman–Crippen LogP) is 2.85. The SMILES string of the molecule is CCOC(=O)C(C(=O)Nc1ccccc1)C(C)(C)C. The number of hydrogen-bond donors (Lipinski definition) is 1. The van der Waals surface area contributed by atoms with Crippen LogP contribution in [0.4, 0.5) is 5.69 Å². The van der Waals surface area contributed by atoms with Crippen molar-refractivity contribution in [1.82, 2.24) is 0 Å². The number of para-hydroxylation sites is 1. The molecule has 1 aromatic rings. The second-order valence-corrected chi connectivity index (χ2v) is 5.41. The van der Waals surface area contributed by atoms with Gasteiger partial charge in [0.2, 0.25) is 5.91 Å². The average molecular weight is 263 g/mol. The van der Waals surface area contributed by atoms with E-state index in [4.69, 9.17) is 4.74 Å². The van der Waals surface area contributed by atoms with Crippen molar-refractivity contribution in [2.45, 2.75) is 27.7 Å². The molecule has 0 saturated heterocycles. The van der Waals surface area contributed by atoms with E-state index in [2.05, 4.69) is 5.32 Å². The average Bonchev–Trinajstić information content (AvgIpc) is 2.28. The number of nitrogens with one attached hydrogen (secondary N) is 1. The topological polar surface area (TPSA) is 55.4 Å². The lowest BCUT2D eigenvalue weighted by molar-refractivity contribution is -0.155. The molecule has 0 aliphatic heterocycles. The van der Waals surface area contributed by atoms with E-state index in [1.165, 1.54) is 0 Å². The zero-order valence-corrected chi connectivity index (χ0v) is 11.9. The van der Waals surface area contributed by atoms with Crippen LogP contribution in [0.3, 0.4) is 0 Å². The molecule has 0 aromatic heterocycles. The van der Waals surface area contributed by atoms with E-state index in [-0.39, 0.29) is 12.5 Å². The number of carbonyl (C=O) groups excluding carboxylic acids is 2. The largest absolute Gasteiger partial charge is 0.465 e. The Morgan fingerprint density at radius 3 is 2.26 bits per heavy atom. The molecule has 0 spiro atoms. The molecular weight excluding hydrogens is 242 g/mol. The Hall–Kier alpha value is -1.84. The summed E-state index contributed by atoms with van der Waals surface area (Å²) in [5.74, 6) is -1.65. The summed E-state index contributed by atoms with van der Waals surface area (Å²) in [5, 5.41) is 2.75. The van der Waals surface area contributed by atoms with E-state index < -0.39 is 17.3 Å². The lowest BCUT2D eigenvalue weighted by Crippen LogP contribution is -2.40. The molecule has 19 heavy (non-hydrogen) atoms. The molecule has 0 radical (unpaired) electrons. The van der Waals surface area contributed by atoms with Crippen molar-refractivity contribution in [1.29, 1.82) is 0 Å². The summed E-state index contributed by atoms with van der Waals surface area (Å²) in [4.78, 5) is 24.2. The molecule has 104 valence electrons. The van der Waals surface area contributed by atoms with E-state index in [1.54, 1.807) is 19.1 Å². The summed E-state index contributed by atoms with van der Waals surface area (Å²) in [7, 11) is 0. The molecule has 1 rings (SSSR count). The molecule has 4 nitrogen and oxygen atoms in total. The highest BCUT2D eigenvalue weighted by Crippen LogP contribution is 2.28. The Balaban J connectivity index is 2.87. The molecule has 1 N–H and O–H groups in total. The van der Waals surface area contributed by atoms with Gasteiger partial charge in [-0.2, -0.15) is 0 Å². The Kier molecular flexibility index (Phi) is 5.10. The van der Waals surface area contributed by atoms with Gasteiger partial charge in [-0.1, -0.05) is 39.0 Å². The predicted molar refractivity (Wildman–Crippen MR) is 74.6 cm³/mol. The van der Waals surface area contributed by atoms with Crippen LogP contribution in [0.25, 0.3) is 0 Å². The Bertz CT molecular complexity index is 434. The molecule has 1 aromatic carbocycles. The number of anilines is 1. The van der Waals surface area contributed by atoms with Gasteiger partial charge in [0.15, 0.2) is 0 Å². The second kappa shape index (κ2) is 6.36. The number of hydrogen-bond acceptors (Lipinski definition) is 3.